The highest BCUT2D eigenvalue weighted by atomic mass is 35.5. The molecule has 0 heterocycles. The molecule has 2 amide bonds. The van der Waals surface area contributed by atoms with Crippen molar-refractivity contribution in [3.8, 4) is 5.75 Å². The summed E-state index contributed by atoms with van der Waals surface area (Å²) >= 11 is 11.6. The van der Waals surface area contributed by atoms with Crippen LogP contribution in [0.4, 0.5) is 0 Å². The van der Waals surface area contributed by atoms with Gasteiger partial charge >= 0.3 is 11.8 Å². The van der Waals surface area contributed by atoms with Crippen LogP contribution < -0.4 is 10.7 Å². The molecule has 0 spiro atoms. The largest absolute Gasteiger partial charge is 0.505 e. The van der Waals surface area contributed by atoms with E-state index in [4.69, 9.17) is 23.2 Å². The molecule has 0 bridgehead atoms. The van der Waals surface area contributed by atoms with E-state index >= 15 is 0 Å². The van der Waals surface area contributed by atoms with Crippen LogP contribution in [0.25, 0.3) is 0 Å². The molecule has 0 radical (unpaired) electrons. The number of hydrazone groups is 1. The summed E-state index contributed by atoms with van der Waals surface area (Å²) in [5.74, 6) is -1.51. The van der Waals surface area contributed by atoms with Gasteiger partial charge in [-0.15, -0.1) is 0 Å². The van der Waals surface area contributed by atoms with Crippen molar-refractivity contribution in [1.82, 2.24) is 10.7 Å². The lowest BCUT2D eigenvalue weighted by atomic mass is 10.0. The SMILES string of the molecule is CC(C)c1ccc(CNC(=O)C(=O)N/N=C/c2cc(Cl)c(O)c(Cl)c2)cc1. The van der Waals surface area contributed by atoms with Gasteiger partial charge < -0.3 is 10.4 Å². The smallest absolute Gasteiger partial charge is 0.329 e. The van der Waals surface area contributed by atoms with Crippen molar-refractivity contribution < 1.29 is 14.7 Å². The highest BCUT2D eigenvalue weighted by Gasteiger charge is 2.12. The van der Waals surface area contributed by atoms with Gasteiger partial charge in [-0.05, 0) is 34.7 Å². The molecule has 27 heavy (non-hydrogen) atoms. The third-order valence-corrected chi connectivity index (χ3v) is 4.30. The van der Waals surface area contributed by atoms with E-state index in [1.165, 1.54) is 23.9 Å². The summed E-state index contributed by atoms with van der Waals surface area (Å²) in [6.45, 7) is 4.43. The van der Waals surface area contributed by atoms with Crippen LogP contribution in [0, 0.1) is 0 Å². The highest BCUT2D eigenvalue weighted by Crippen LogP contribution is 2.32. The first-order valence-corrected chi connectivity index (χ1v) is 8.91. The monoisotopic (exact) mass is 407 g/mol. The molecule has 0 saturated carbocycles. The molecule has 2 rings (SSSR count). The molecule has 0 aliphatic rings. The Labute approximate surface area is 167 Å². The lowest BCUT2D eigenvalue weighted by Gasteiger charge is -2.07. The van der Waals surface area contributed by atoms with Crippen LogP contribution in [0.1, 0.15) is 36.5 Å². The van der Waals surface area contributed by atoms with Gasteiger partial charge in [-0.1, -0.05) is 61.3 Å². The molecule has 3 N–H and O–H groups in total. The molecule has 6 nitrogen and oxygen atoms in total. The Hall–Kier alpha value is -2.57. The summed E-state index contributed by atoms with van der Waals surface area (Å²) in [5.41, 5.74) is 4.65. The zero-order valence-corrected chi connectivity index (χ0v) is 16.3. The van der Waals surface area contributed by atoms with Crippen LogP contribution in [0.15, 0.2) is 41.5 Å². The van der Waals surface area contributed by atoms with E-state index in [0.717, 1.165) is 5.56 Å². The van der Waals surface area contributed by atoms with Crippen LogP contribution in [0.2, 0.25) is 10.0 Å². The number of nitrogens with one attached hydrogen (secondary N) is 2. The van der Waals surface area contributed by atoms with Crippen molar-refractivity contribution in [1.29, 1.82) is 0 Å². The lowest BCUT2D eigenvalue weighted by molar-refractivity contribution is -0.139. The maximum absolute atomic E-state index is 11.8. The van der Waals surface area contributed by atoms with E-state index in [0.29, 0.717) is 11.5 Å². The van der Waals surface area contributed by atoms with Crippen molar-refractivity contribution >= 4 is 41.2 Å². The molecule has 2 aromatic rings. The zero-order chi connectivity index (χ0) is 20.0. The average molecular weight is 408 g/mol. The first-order valence-electron chi connectivity index (χ1n) is 8.16. The van der Waals surface area contributed by atoms with Crippen LogP contribution in [0.5, 0.6) is 5.75 Å². The highest BCUT2D eigenvalue weighted by molar-refractivity contribution is 6.37. The molecule has 0 unspecified atom stereocenters. The summed E-state index contributed by atoms with van der Waals surface area (Å²) in [4.78, 5) is 23.6. The van der Waals surface area contributed by atoms with Crippen LogP contribution in [0.3, 0.4) is 0 Å². The number of hydrogen-bond donors (Lipinski definition) is 3. The minimum absolute atomic E-state index is 0.0523. The number of nitrogens with zero attached hydrogens (tertiary/aromatic N) is 1. The Balaban J connectivity index is 1.85. The maximum Gasteiger partial charge on any atom is 0.329 e. The quantitative estimate of drug-likeness (QED) is 0.401. The third kappa shape index (κ3) is 5.98. The van der Waals surface area contributed by atoms with Crippen molar-refractivity contribution in [2.75, 3.05) is 0 Å². The topological polar surface area (TPSA) is 90.8 Å². The maximum atomic E-state index is 11.8. The van der Waals surface area contributed by atoms with Gasteiger partial charge in [-0.25, -0.2) is 5.43 Å². The van der Waals surface area contributed by atoms with Gasteiger partial charge in [0.2, 0.25) is 0 Å². The Morgan fingerprint density at radius 3 is 2.26 bits per heavy atom. The van der Waals surface area contributed by atoms with Gasteiger partial charge in [-0.3, -0.25) is 9.59 Å². The van der Waals surface area contributed by atoms with Crippen molar-refractivity contribution in [2.24, 2.45) is 5.10 Å². The van der Waals surface area contributed by atoms with E-state index in [-0.39, 0.29) is 22.3 Å². The van der Waals surface area contributed by atoms with Crippen molar-refractivity contribution in [3.05, 3.63) is 63.1 Å². The van der Waals surface area contributed by atoms with E-state index in [9.17, 15) is 14.7 Å². The second-order valence-electron chi connectivity index (χ2n) is 6.11. The van der Waals surface area contributed by atoms with Gasteiger partial charge in [0.05, 0.1) is 16.3 Å². The third-order valence-electron chi connectivity index (χ3n) is 3.72. The minimum Gasteiger partial charge on any atom is -0.505 e. The first-order chi connectivity index (χ1) is 12.8. The second kappa shape index (κ2) is 9.39. The summed E-state index contributed by atoms with van der Waals surface area (Å²) in [7, 11) is 0. The fraction of sp³-hybridized carbons (Fsp3) is 0.211. The molecular weight excluding hydrogens is 389 g/mol. The number of aromatic hydroxyl groups is 1. The predicted octanol–water partition coefficient (Wildman–Crippen LogP) is 3.59. The van der Waals surface area contributed by atoms with E-state index in [1.807, 2.05) is 24.3 Å². The van der Waals surface area contributed by atoms with Crippen molar-refractivity contribution in [2.45, 2.75) is 26.3 Å². The molecular formula is C19H19Cl2N3O3. The molecule has 2 aromatic carbocycles. The zero-order valence-electron chi connectivity index (χ0n) is 14.8. The summed E-state index contributed by atoms with van der Waals surface area (Å²) in [6, 6.07) is 10.6. The number of benzene rings is 2. The number of phenolic OH excluding ortho intramolecular Hbond substituents is 1. The van der Waals surface area contributed by atoms with Crippen LogP contribution >= 0.6 is 23.2 Å². The van der Waals surface area contributed by atoms with E-state index in [2.05, 4.69) is 29.7 Å². The lowest BCUT2D eigenvalue weighted by Crippen LogP contribution is -2.37. The van der Waals surface area contributed by atoms with Gasteiger partial charge in [-0.2, -0.15) is 5.10 Å². The Bertz CT molecular complexity index is 842. The summed E-state index contributed by atoms with van der Waals surface area (Å²) in [5, 5.41) is 15.8. The fourth-order valence-corrected chi connectivity index (χ4v) is 2.66. The number of halogens is 2. The van der Waals surface area contributed by atoms with Crippen LogP contribution in [-0.4, -0.2) is 23.1 Å². The molecule has 142 valence electrons. The Morgan fingerprint density at radius 2 is 1.70 bits per heavy atom. The first kappa shape index (κ1) is 20.7. The number of rotatable bonds is 5. The molecule has 0 aromatic heterocycles. The van der Waals surface area contributed by atoms with Gasteiger partial charge in [0, 0.05) is 6.54 Å². The number of amides is 2. The molecule has 0 fully saturated rings. The van der Waals surface area contributed by atoms with Gasteiger partial charge in [0.15, 0.2) is 5.75 Å². The summed E-state index contributed by atoms with van der Waals surface area (Å²) in [6.07, 6.45) is 1.26. The van der Waals surface area contributed by atoms with E-state index < -0.39 is 11.8 Å². The van der Waals surface area contributed by atoms with Gasteiger partial charge in [0.1, 0.15) is 0 Å². The number of hydrogen-bond acceptors (Lipinski definition) is 4. The molecule has 0 aliphatic carbocycles. The standard InChI is InChI=1S/C19H19Cl2N3O3/c1-11(2)14-5-3-12(4-6-14)9-22-18(26)19(27)24-23-10-13-7-15(20)17(25)16(21)8-13/h3-8,10-11,25H,9H2,1-2H3,(H,22,26)(H,24,27)/b23-10+. The molecule has 0 saturated heterocycles. The Morgan fingerprint density at radius 1 is 1.11 bits per heavy atom. The fourth-order valence-electron chi connectivity index (χ4n) is 2.16. The van der Waals surface area contributed by atoms with Crippen molar-refractivity contribution in [3.63, 3.8) is 0 Å². The number of phenols is 1. The van der Waals surface area contributed by atoms with Crippen LogP contribution in [-0.2, 0) is 16.1 Å². The predicted molar refractivity (Wildman–Crippen MR) is 106 cm³/mol. The summed E-state index contributed by atoms with van der Waals surface area (Å²) < 4.78 is 0. The molecule has 0 atom stereocenters. The second-order valence-corrected chi connectivity index (χ2v) is 6.93. The van der Waals surface area contributed by atoms with Gasteiger partial charge in [0.25, 0.3) is 0 Å². The normalized spacial score (nSPS) is 11.0. The molecule has 0 aliphatic heterocycles. The van der Waals surface area contributed by atoms with E-state index in [1.54, 1.807) is 0 Å². The minimum atomic E-state index is -0.902. The Kier molecular flexibility index (Phi) is 7.21. The number of carbonyl (C=O) groups is 2. The average Bonchev–Trinajstić information content (AvgIpc) is 2.64. The molecule has 8 heteroatoms. The number of carbonyl (C=O) groups excluding carboxylic acids is 2.